The van der Waals surface area contributed by atoms with E-state index in [0.717, 1.165) is 4.57 Å². The fourth-order valence-electron chi connectivity index (χ4n) is 4.85. The van der Waals surface area contributed by atoms with Crippen LogP contribution >= 0.6 is 0 Å². The van der Waals surface area contributed by atoms with Crippen LogP contribution in [-0.2, 0) is 37.8 Å². The summed E-state index contributed by atoms with van der Waals surface area (Å²) in [5, 5.41) is 5.02. The van der Waals surface area contributed by atoms with Crippen molar-refractivity contribution in [2.24, 2.45) is 12.5 Å². The van der Waals surface area contributed by atoms with Gasteiger partial charge in [0.25, 0.3) is 21.5 Å². The molecule has 0 spiro atoms. The number of rotatable bonds is 13. The van der Waals surface area contributed by atoms with Crippen LogP contribution in [-0.4, -0.2) is 52.5 Å². The standard InChI is InChI=1S/C36H40F2N6O8S/c1-7-23(8-2)52-33(47)29(17-21-9-14-30(39-20-21)44-31(45)15-16-43(6)35(44)49)41-32(46)25-18-27(38)28(19-26(25)37)42-53(50,51)24-12-10-22(11-13-24)40-34(48)36(3,4)5/h9-16,18-20,23,29,42H,7-8,17H2,1-6H3,(H,40,48)(H,41,46)/t29-/m0/s1. The Hall–Kier alpha value is -5.71. The Morgan fingerprint density at radius 2 is 1.60 bits per heavy atom. The molecule has 0 aliphatic heterocycles. The molecule has 0 unspecified atom stereocenters. The lowest BCUT2D eigenvalue weighted by atomic mass is 9.95. The summed E-state index contributed by atoms with van der Waals surface area (Å²) < 4.78 is 66.1. The van der Waals surface area contributed by atoms with Gasteiger partial charge in [0.05, 0.1) is 16.1 Å². The first-order chi connectivity index (χ1) is 24.8. The number of hydrogen-bond donors (Lipinski definition) is 3. The van der Waals surface area contributed by atoms with Crippen molar-refractivity contribution >= 4 is 39.2 Å². The molecule has 2 amide bonds. The molecule has 1 atom stereocenters. The maximum absolute atomic E-state index is 15.3. The highest BCUT2D eigenvalue weighted by Gasteiger charge is 2.28. The molecule has 14 nitrogen and oxygen atoms in total. The van der Waals surface area contributed by atoms with Crippen molar-refractivity contribution in [1.29, 1.82) is 0 Å². The number of sulfonamides is 1. The van der Waals surface area contributed by atoms with Crippen molar-refractivity contribution in [2.75, 3.05) is 10.0 Å². The number of aromatic nitrogens is 3. The van der Waals surface area contributed by atoms with Crippen LogP contribution in [0.4, 0.5) is 20.2 Å². The highest BCUT2D eigenvalue weighted by Crippen LogP contribution is 2.25. The number of amides is 2. The Kier molecular flexibility index (Phi) is 12.3. The summed E-state index contributed by atoms with van der Waals surface area (Å²) in [5.74, 6) is -4.93. The SMILES string of the molecule is CCC(CC)OC(=O)[C@H](Cc1ccc(-n2c(=O)ccn(C)c2=O)nc1)NC(=O)c1cc(F)c(NS(=O)(=O)c2ccc(NC(=O)C(C)(C)C)cc2)cc1F. The van der Waals surface area contributed by atoms with Gasteiger partial charge in [-0.25, -0.2) is 36.3 Å². The minimum absolute atomic E-state index is 0.00927. The molecular formula is C36H40F2N6O8S. The first kappa shape index (κ1) is 40.1. The summed E-state index contributed by atoms with van der Waals surface area (Å²) in [5.41, 5.74) is -2.87. The minimum Gasteiger partial charge on any atom is -0.461 e. The van der Waals surface area contributed by atoms with Crippen LogP contribution < -0.4 is 26.6 Å². The van der Waals surface area contributed by atoms with Crippen LogP contribution in [0.1, 0.15) is 63.4 Å². The largest absolute Gasteiger partial charge is 0.461 e. The van der Waals surface area contributed by atoms with E-state index in [9.17, 15) is 32.4 Å². The maximum atomic E-state index is 15.3. The summed E-state index contributed by atoms with van der Waals surface area (Å²) in [6.45, 7) is 8.71. The van der Waals surface area contributed by atoms with Crippen LogP contribution in [0.5, 0.6) is 0 Å². The van der Waals surface area contributed by atoms with Crippen molar-refractivity contribution in [2.45, 2.75) is 70.9 Å². The number of esters is 1. The molecule has 4 aromatic rings. The highest BCUT2D eigenvalue weighted by molar-refractivity contribution is 7.92. The van der Waals surface area contributed by atoms with Crippen LogP contribution in [0.25, 0.3) is 5.82 Å². The van der Waals surface area contributed by atoms with Gasteiger partial charge in [0, 0.05) is 49.1 Å². The van der Waals surface area contributed by atoms with E-state index >= 15 is 8.78 Å². The molecule has 0 aliphatic carbocycles. The molecule has 17 heteroatoms. The Balaban J connectivity index is 1.55. The summed E-state index contributed by atoms with van der Waals surface area (Å²) in [4.78, 5) is 67.5. The van der Waals surface area contributed by atoms with Gasteiger partial charge in [0.15, 0.2) is 0 Å². The predicted molar refractivity (Wildman–Crippen MR) is 192 cm³/mol. The van der Waals surface area contributed by atoms with E-state index in [1.165, 1.54) is 66.5 Å². The van der Waals surface area contributed by atoms with Crippen molar-refractivity contribution < 1.29 is 36.3 Å². The highest BCUT2D eigenvalue weighted by atomic mass is 32.2. The molecule has 0 fully saturated rings. The van der Waals surface area contributed by atoms with Crippen molar-refractivity contribution in [3.8, 4) is 5.82 Å². The number of carbonyl (C=O) groups excluding carboxylic acids is 3. The van der Waals surface area contributed by atoms with E-state index in [-0.39, 0.29) is 23.0 Å². The van der Waals surface area contributed by atoms with E-state index < -0.39 is 73.6 Å². The monoisotopic (exact) mass is 754 g/mol. The second-order valence-electron chi connectivity index (χ2n) is 13.2. The van der Waals surface area contributed by atoms with Gasteiger partial charge in [-0.1, -0.05) is 40.7 Å². The fourth-order valence-corrected chi connectivity index (χ4v) is 5.91. The van der Waals surface area contributed by atoms with E-state index in [1.54, 1.807) is 34.6 Å². The second-order valence-corrected chi connectivity index (χ2v) is 14.8. The fraction of sp³-hybridized carbons (Fsp3) is 0.333. The molecule has 2 heterocycles. The van der Waals surface area contributed by atoms with Crippen LogP contribution in [0, 0.1) is 17.0 Å². The lowest BCUT2D eigenvalue weighted by Crippen LogP contribution is -2.44. The molecule has 282 valence electrons. The number of ether oxygens (including phenoxy) is 1. The third kappa shape index (κ3) is 9.79. The summed E-state index contributed by atoms with van der Waals surface area (Å²) in [6, 6.07) is 8.62. The molecule has 0 bridgehead atoms. The van der Waals surface area contributed by atoms with Gasteiger partial charge in [-0.15, -0.1) is 0 Å². The number of benzene rings is 2. The molecule has 0 radical (unpaired) electrons. The molecular weight excluding hydrogens is 714 g/mol. The van der Waals surface area contributed by atoms with Crippen molar-refractivity contribution in [3.63, 3.8) is 0 Å². The van der Waals surface area contributed by atoms with Gasteiger partial charge in [-0.05, 0) is 54.8 Å². The molecule has 53 heavy (non-hydrogen) atoms. The van der Waals surface area contributed by atoms with Gasteiger partial charge >= 0.3 is 11.7 Å². The Morgan fingerprint density at radius 1 is 0.943 bits per heavy atom. The lowest BCUT2D eigenvalue weighted by molar-refractivity contribution is -0.151. The summed E-state index contributed by atoms with van der Waals surface area (Å²) in [7, 11) is -2.98. The molecule has 3 N–H and O–H groups in total. The van der Waals surface area contributed by atoms with Gasteiger partial charge in [-0.3, -0.25) is 19.1 Å². The third-order valence-electron chi connectivity index (χ3n) is 8.06. The second kappa shape index (κ2) is 16.3. The van der Waals surface area contributed by atoms with Gasteiger partial charge in [0.2, 0.25) is 5.91 Å². The molecule has 4 rings (SSSR count). The molecule has 2 aromatic heterocycles. The summed E-state index contributed by atoms with van der Waals surface area (Å²) in [6.07, 6.45) is 2.81. The average Bonchev–Trinajstić information content (AvgIpc) is 3.10. The number of halogens is 2. The van der Waals surface area contributed by atoms with E-state index in [0.29, 0.717) is 36.2 Å². The van der Waals surface area contributed by atoms with Gasteiger partial charge in [-0.2, -0.15) is 0 Å². The first-order valence-electron chi connectivity index (χ1n) is 16.5. The molecule has 0 saturated heterocycles. The predicted octanol–water partition coefficient (Wildman–Crippen LogP) is 4.07. The van der Waals surface area contributed by atoms with E-state index in [2.05, 4.69) is 15.6 Å². The number of nitrogens with zero attached hydrogens (tertiary/aromatic N) is 3. The first-order valence-corrected chi connectivity index (χ1v) is 18.0. The zero-order valence-electron chi connectivity index (χ0n) is 29.9. The zero-order valence-corrected chi connectivity index (χ0v) is 30.7. The Labute approximate surface area is 304 Å². The Bertz CT molecular complexity index is 2230. The third-order valence-corrected chi connectivity index (χ3v) is 9.45. The summed E-state index contributed by atoms with van der Waals surface area (Å²) >= 11 is 0. The normalized spacial score (nSPS) is 12.2. The lowest BCUT2D eigenvalue weighted by Gasteiger charge is -2.22. The van der Waals surface area contributed by atoms with E-state index in [4.69, 9.17) is 4.74 Å². The number of nitrogens with one attached hydrogen (secondary N) is 3. The Morgan fingerprint density at radius 3 is 2.19 bits per heavy atom. The van der Waals surface area contributed by atoms with Crippen LogP contribution in [0.15, 0.2) is 81.5 Å². The van der Waals surface area contributed by atoms with Gasteiger partial charge < -0.3 is 19.9 Å². The topological polar surface area (TPSA) is 188 Å². The van der Waals surface area contributed by atoms with Gasteiger partial charge in [0.1, 0.15) is 29.6 Å². The van der Waals surface area contributed by atoms with Crippen molar-refractivity contribution in [1.82, 2.24) is 19.4 Å². The average molecular weight is 755 g/mol. The number of hydrogen-bond acceptors (Lipinski definition) is 9. The zero-order chi connectivity index (χ0) is 39.2. The number of carbonyl (C=O) groups is 3. The number of anilines is 2. The van der Waals surface area contributed by atoms with Crippen LogP contribution in [0.2, 0.25) is 0 Å². The smallest absolute Gasteiger partial charge is 0.336 e. The van der Waals surface area contributed by atoms with E-state index in [1.807, 2.05) is 4.72 Å². The molecule has 2 aromatic carbocycles. The number of pyridine rings is 1. The molecule has 0 saturated carbocycles. The van der Waals surface area contributed by atoms with Crippen molar-refractivity contribution in [3.05, 3.63) is 111 Å². The number of aryl methyl sites for hydroxylation is 1. The maximum Gasteiger partial charge on any atom is 0.336 e. The van der Waals surface area contributed by atoms with Crippen LogP contribution in [0.3, 0.4) is 0 Å². The molecule has 0 aliphatic rings. The quantitative estimate of drug-likeness (QED) is 0.169. The minimum atomic E-state index is -4.44.